The lowest BCUT2D eigenvalue weighted by Gasteiger charge is -2.08. The second kappa shape index (κ2) is 9.17. The van der Waals surface area contributed by atoms with E-state index in [1.54, 1.807) is 12.5 Å². The molecule has 0 atom stereocenters. The highest BCUT2D eigenvalue weighted by Crippen LogP contribution is 2.15. The molecule has 140 valence electrons. The van der Waals surface area contributed by atoms with Crippen LogP contribution in [0, 0.1) is 0 Å². The van der Waals surface area contributed by atoms with Crippen LogP contribution in [0.25, 0.3) is 0 Å². The molecule has 1 amide bonds. The smallest absolute Gasteiger partial charge is 0.251 e. The SMILES string of the molecule is CC(C)c1ccc(CCCNC(=O)c2ccc(Cn3ccnc3)cc2)cc1. The van der Waals surface area contributed by atoms with Gasteiger partial charge >= 0.3 is 0 Å². The molecule has 1 heterocycles. The van der Waals surface area contributed by atoms with E-state index < -0.39 is 0 Å². The van der Waals surface area contributed by atoms with Crippen LogP contribution in [0.3, 0.4) is 0 Å². The van der Waals surface area contributed by atoms with Crippen molar-refractivity contribution < 1.29 is 4.79 Å². The Bertz CT molecular complexity index is 834. The third-order valence-corrected chi connectivity index (χ3v) is 4.71. The van der Waals surface area contributed by atoms with Crippen LogP contribution in [0.15, 0.2) is 67.3 Å². The third-order valence-electron chi connectivity index (χ3n) is 4.71. The fourth-order valence-electron chi connectivity index (χ4n) is 3.02. The first-order valence-corrected chi connectivity index (χ1v) is 9.53. The van der Waals surface area contributed by atoms with E-state index in [2.05, 4.69) is 48.4 Å². The molecule has 27 heavy (non-hydrogen) atoms. The minimum Gasteiger partial charge on any atom is -0.352 e. The fraction of sp³-hybridized carbons (Fsp3) is 0.304. The predicted molar refractivity (Wildman–Crippen MR) is 109 cm³/mol. The molecule has 0 aliphatic carbocycles. The van der Waals surface area contributed by atoms with Crippen molar-refractivity contribution in [2.75, 3.05) is 6.54 Å². The van der Waals surface area contributed by atoms with Crippen LogP contribution < -0.4 is 5.32 Å². The summed E-state index contributed by atoms with van der Waals surface area (Å²) in [5.74, 6) is 0.545. The molecular weight excluding hydrogens is 334 g/mol. The van der Waals surface area contributed by atoms with Crippen LogP contribution in [0.1, 0.15) is 53.2 Å². The fourth-order valence-corrected chi connectivity index (χ4v) is 3.02. The van der Waals surface area contributed by atoms with Gasteiger partial charge in [0, 0.05) is 31.0 Å². The molecule has 0 saturated heterocycles. The Hall–Kier alpha value is -2.88. The number of carbonyl (C=O) groups excluding carboxylic acids is 1. The van der Waals surface area contributed by atoms with Gasteiger partial charge in [-0.25, -0.2) is 4.98 Å². The summed E-state index contributed by atoms with van der Waals surface area (Å²) in [7, 11) is 0. The van der Waals surface area contributed by atoms with Crippen molar-refractivity contribution in [3.8, 4) is 0 Å². The highest BCUT2D eigenvalue weighted by molar-refractivity contribution is 5.94. The van der Waals surface area contributed by atoms with Gasteiger partial charge in [0.25, 0.3) is 5.91 Å². The molecule has 4 heteroatoms. The molecule has 0 aliphatic heterocycles. The molecule has 1 N–H and O–H groups in total. The predicted octanol–water partition coefficient (Wildman–Crippen LogP) is 4.42. The zero-order valence-corrected chi connectivity index (χ0v) is 16.1. The lowest BCUT2D eigenvalue weighted by molar-refractivity contribution is 0.0953. The molecule has 0 fully saturated rings. The summed E-state index contributed by atoms with van der Waals surface area (Å²) in [4.78, 5) is 16.3. The summed E-state index contributed by atoms with van der Waals surface area (Å²) >= 11 is 0. The van der Waals surface area contributed by atoms with Crippen molar-refractivity contribution in [3.05, 3.63) is 89.5 Å². The molecule has 4 nitrogen and oxygen atoms in total. The monoisotopic (exact) mass is 361 g/mol. The van der Waals surface area contributed by atoms with Crippen molar-refractivity contribution in [1.29, 1.82) is 0 Å². The van der Waals surface area contributed by atoms with Crippen LogP contribution in [0.5, 0.6) is 0 Å². The number of hydrogen-bond donors (Lipinski definition) is 1. The zero-order chi connectivity index (χ0) is 19.1. The van der Waals surface area contributed by atoms with Gasteiger partial charge in [-0.05, 0) is 47.6 Å². The lowest BCUT2D eigenvalue weighted by Crippen LogP contribution is -2.24. The Morgan fingerprint density at radius 2 is 1.74 bits per heavy atom. The van der Waals surface area contributed by atoms with Crippen molar-refractivity contribution in [2.24, 2.45) is 0 Å². The maximum Gasteiger partial charge on any atom is 0.251 e. The quantitative estimate of drug-likeness (QED) is 0.604. The number of nitrogens with one attached hydrogen (secondary N) is 1. The van der Waals surface area contributed by atoms with E-state index in [1.807, 2.05) is 35.0 Å². The first-order valence-electron chi connectivity index (χ1n) is 9.53. The van der Waals surface area contributed by atoms with E-state index >= 15 is 0 Å². The van der Waals surface area contributed by atoms with Gasteiger partial charge in [-0.3, -0.25) is 4.79 Å². The summed E-state index contributed by atoms with van der Waals surface area (Å²) in [6.45, 7) is 5.85. The maximum atomic E-state index is 12.3. The largest absolute Gasteiger partial charge is 0.352 e. The van der Waals surface area contributed by atoms with Gasteiger partial charge in [0.2, 0.25) is 0 Å². The van der Waals surface area contributed by atoms with E-state index in [0.29, 0.717) is 18.0 Å². The number of amides is 1. The summed E-state index contributed by atoms with van der Waals surface area (Å²) in [5.41, 5.74) is 4.53. The van der Waals surface area contributed by atoms with Crippen LogP contribution >= 0.6 is 0 Å². The van der Waals surface area contributed by atoms with Gasteiger partial charge in [-0.15, -0.1) is 0 Å². The van der Waals surface area contributed by atoms with Crippen molar-refractivity contribution in [1.82, 2.24) is 14.9 Å². The Labute approximate surface area is 161 Å². The van der Waals surface area contributed by atoms with Crippen LogP contribution in [0.4, 0.5) is 0 Å². The molecule has 0 saturated carbocycles. The number of aryl methyl sites for hydroxylation is 1. The number of rotatable bonds is 8. The molecule has 2 aromatic carbocycles. The molecule has 1 aromatic heterocycles. The van der Waals surface area contributed by atoms with Crippen LogP contribution in [-0.2, 0) is 13.0 Å². The first-order chi connectivity index (χ1) is 13.1. The van der Waals surface area contributed by atoms with Gasteiger partial charge in [0.05, 0.1) is 6.33 Å². The second-order valence-electron chi connectivity index (χ2n) is 7.19. The third kappa shape index (κ3) is 5.55. The number of hydrogen-bond acceptors (Lipinski definition) is 2. The van der Waals surface area contributed by atoms with Gasteiger partial charge in [-0.2, -0.15) is 0 Å². The molecule has 0 spiro atoms. The topological polar surface area (TPSA) is 46.9 Å². The normalized spacial score (nSPS) is 10.9. The van der Waals surface area contributed by atoms with Gasteiger partial charge in [0.15, 0.2) is 0 Å². The molecule has 0 aliphatic rings. The number of aromatic nitrogens is 2. The standard InChI is InChI=1S/C23H27N3O/c1-18(2)21-9-5-19(6-10-21)4-3-13-25-23(27)22-11-7-20(8-12-22)16-26-15-14-24-17-26/h5-12,14-15,17-18H,3-4,13,16H2,1-2H3,(H,25,27). The average molecular weight is 361 g/mol. The molecule has 3 aromatic rings. The Morgan fingerprint density at radius 1 is 1.04 bits per heavy atom. The lowest BCUT2D eigenvalue weighted by atomic mass is 10.0. The molecule has 0 radical (unpaired) electrons. The summed E-state index contributed by atoms with van der Waals surface area (Å²) in [6.07, 6.45) is 7.39. The van der Waals surface area contributed by atoms with Crippen LogP contribution in [-0.4, -0.2) is 22.0 Å². The number of nitrogens with zero attached hydrogens (tertiary/aromatic N) is 2. The van der Waals surface area contributed by atoms with E-state index in [-0.39, 0.29) is 5.91 Å². The number of imidazole rings is 1. The summed E-state index contributed by atoms with van der Waals surface area (Å²) in [5, 5.41) is 3.01. The van der Waals surface area contributed by atoms with Crippen LogP contribution in [0.2, 0.25) is 0 Å². The zero-order valence-electron chi connectivity index (χ0n) is 16.1. The van der Waals surface area contributed by atoms with E-state index in [9.17, 15) is 4.79 Å². The Kier molecular flexibility index (Phi) is 6.42. The average Bonchev–Trinajstić information content (AvgIpc) is 3.19. The van der Waals surface area contributed by atoms with E-state index in [4.69, 9.17) is 0 Å². The molecular formula is C23H27N3O. The second-order valence-corrected chi connectivity index (χ2v) is 7.19. The minimum absolute atomic E-state index is 0.0145. The molecule has 0 unspecified atom stereocenters. The van der Waals surface area contributed by atoms with E-state index in [0.717, 1.165) is 24.9 Å². The summed E-state index contributed by atoms with van der Waals surface area (Å²) < 4.78 is 2.00. The molecule has 0 bridgehead atoms. The Balaban J connectivity index is 1.42. The summed E-state index contributed by atoms with van der Waals surface area (Å²) in [6, 6.07) is 16.5. The van der Waals surface area contributed by atoms with Crippen molar-refractivity contribution >= 4 is 5.91 Å². The molecule has 3 rings (SSSR count). The highest BCUT2D eigenvalue weighted by Gasteiger charge is 2.05. The van der Waals surface area contributed by atoms with E-state index in [1.165, 1.54) is 11.1 Å². The highest BCUT2D eigenvalue weighted by atomic mass is 16.1. The Morgan fingerprint density at radius 3 is 2.37 bits per heavy atom. The number of benzene rings is 2. The maximum absolute atomic E-state index is 12.3. The van der Waals surface area contributed by atoms with Gasteiger partial charge in [0.1, 0.15) is 0 Å². The van der Waals surface area contributed by atoms with Gasteiger partial charge in [-0.1, -0.05) is 50.2 Å². The first kappa shape index (κ1) is 18.9. The number of carbonyl (C=O) groups is 1. The van der Waals surface area contributed by atoms with Crippen molar-refractivity contribution in [3.63, 3.8) is 0 Å². The van der Waals surface area contributed by atoms with Crippen molar-refractivity contribution in [2.45, 2.75) is 39.2 Å². The minimum atomic E-state index is -0.0145. The van der Waals surface area contributed by atoms with Gasteiger partial charge < -0.3 is 9.88 Å².